The molecule has 1 unspecified atom stereocenters. The third-order valence-corrected chi connectivity index (χ3v) is 3.04. The zero-order valence-electron chi connectivity index (χ0n) is 8.09. The van der Waals surface area contributed by atoms with Crippen LogP contribution in [0.25, 0.3) is 0 Å². The van der Waals surface area contributed by atoms with E-state index in [1.807, 2.05) is 12.1 Å². The van der Waals surface area contributed by atoms with E-state index in [1.165, 1.54) is 11.3 Å². The maximum atomic E-state index is 6.10. The molecule has 1 atom stereocenters. The third kappa shape index (κ3) is 1.86. The lowest BCUT2D eigenvalue weighted by atomic mass is 10.1. The van der Waals surface area contributed by atoms with Crippen LogP contribution in [0.15, 0.2) is 18.2 Å². The summed E-state index contributed by atoms with van der Waals surface area (Å²) in [5, 5.41) is 4.35. The molecule has 0 aliphatic carbocycles. The molecule has 0 amide bonds. The third-order valence-electron chi connectivity index (χ3n) is 2.69. The minimum atomic E-state index is 0.522. The lowest BCUT2D eigenvalue weighted by Gasteiger charge is -2.09. The van der Waals surface area contributed by atoms with Crippen molar-refractivity contribution >= 4 is 17.3 Å². The first kappa shape index (κ1) is 9.81. The van der Waals surface area contributed by atoms with Crippen LogP contribution in [0.2, 0.25) is 5.02 Å². The van der Waals surface area contributed by atoms with Gasteiger partial charge in [-0.2, -0.15) is 0 Å². The standard InChI is InChI=1S/C11H15ClN2/c12-10-4-1-5-11-9(10)7-8(14-11)3-2-6-13/h1,4-5,8,14H,2-3,6-7,13H2. The van der Waals surface area contributed by atoms with Crippen LogP contribution in [0.1, 0.15) is 18.4 Å². The smallest absolute Gasteiger partial charge is 0.0459 e. The molecule has 76 valence electrons. The molecule has 1 aliphatic heterocycles. The highest BCUT2D eigenvalue weighted by Crippen LogP contribution is 2.32. The van der Waals surface area contributed by atoms with E-state index in [1.54, 1.807) is 0 Å². The largest absolute Gasteiger partial charge is 0.382 e. The molecule has 3 heteroatoms. The molecule has 0 radical (unpaired) electrons. The van der Waals surface area contributed by atoms with E-state index in [0.717, 1.165) is 30.8 Å². The van der Waals surface area contributed by atoms with Gasteiger partial charge in [-0.05, 0) is 43.5 Å². The average Bonchev–Trinajstić information content (AvgIpc) is 2.59. The predicted molar refractivity (Wildman–Crippen MR) is 60.9 cm³/mol. The summed E-state index contributed by atoms with van der Waals surface area (Å²) in [5.41, 5.74) is 7.94. The number of halogens is 1. The van der Waals surface area contributed by atoms with E-state index in [2.05, 4.69) is 11.4 Å². The van der Waals surface area contributed by atoms with Crippen LogP contribution >= 0.6 is 11.6 Å². The van der Waals surface area contributed by atoms with Crippen molar-refractivity contribution < 1.29 is 0 Å². The van der Waals surface area contributed by atoms with Crippen LogP contribution in [-0.2, 0) is 6.42 Å². The van der Waals surface area contributed by atoms with Gasteiger partial charge in [-0.15, -0.1) is 0 Å². The zero-order chi connectivity index (χ0) is 9.97. The zero-order valence-corrected chi connectivity index (χ0v) is 8.85. The van der Waals surface area contributed by atoms with Crippen LogP contribution in [0.5, 0.6) is 0 Å². The van der Waals surface area contributed by atoms with Crippen molar-refractivity contribution in [1.29, 1.82) is 0 Å². The number of hydrogen-bond acceptors (Lipinski definition) is 2. The van der Waals surface area contributed by atoms with Gasteiger partial charge in [0.1, 0.15) is 0 Å². The molecule has 2 rings (SSSR count). The van der Waals surface area contributed by atoms with Crippen molar-refractivity contribution in [2.24, 2.45) is 5.73 Å². The Morgan fingerprint density at radius 3 is 3.07 bits per heavy atom. The summed E-state index contributed by atoms with van der Waals surface area (Å²) < 4.78 is 0. The quantitative estimate of drug-likeness (QED) is 0.804. The van der Waals surface area contributed by atoms with Gasteiger partial charge in [0, 0.05) is 16.8 Å². The van der Waals surface area contributed by atoms with Gasteiger partial charge in [0.25, 0.3) is 0 Å². The van der Waals surface area contributed by atoms with Gasteiger partial charge < -0.3 is 11.1 Å². The van der Waals surface area contributed by atoms with Crippen molar-refractivity contribution in [3.63, 3.8) is 0 Å². The summed E-state index contributed by atoms with van der Waals surface area (Å²) in [5.74, 6) is 0. The second kappa shape index (κ2) is 4.20. The summed E-state index contributed by atoms with van der Waals surface area (Å²) >= 11 is 6.10. The Kier molecular flexibility index (Phi) is 2.94. The molecule has 3 N–H and O–H groups in total. The molecule has 0 saturated carbocycles. The van der Waals surface area contributed by atoms with Gasteiger partial charge in [-0.1, -0.05) is 17.7 Å². The maximum absolute atomic E-state index is 6.10. The van der Waals surface area contributed by atoms with Crippen LogP contribution in [0.4, 0.5) is 5.69 Å². The lowest BCUT2D eigenvalue weighted by Crippen LogP contribution is -2.16. The van der Waals surface area contributed by atoms with E-state index in [-0.39, 0.29) is 0 Å². The van der Waals surface area contributed by atoms with E-state index in [9.17, 15) is 0 Å². The molecular weight excluding hydrogens is 196 g/mol. The van der Waals surface area contributed by atoms with E-state index < -0.39 is 0 Å². The Morgan fingerprint density at radius 1 is 1.50 bits per heavy atom. The van der Waals surface area contributed by atoms with Crippen molar-refractivity contribution in [1.82, 2.24) is 0 Å². The summed E-state index contributed by atoms with van der Waals surface area (Å²) in [4.78, 5) is 0. The summed E-state index contributed by atoms with van der Waals surface area (Å²) in [6, 6.07) is 6.55. The molecule has 0 spiro atoms. The van der Waals surface area contributed by atoms with Crippen LogP contribution < -0.4 is 11.1 Å². The first-order valence-corrected chi connectivity index (χ1v) is 5.43. The Hall–Kier alpha value is -0.730. The number of fused-ring (bicyclic) bond motifs is 1. The topological polar surface area (TPSA) is 38.0 Å². The Balaban J connectivity index is 2.06. The number of benzene rings is 1. The van der Waals surface area contributed by atoms with Gasteiger partial charge >= 0.3 is 0 Å². The molecule has 0 bridgehead atoms. The van der Waals surface area contributed by atoms with Crippen molar-refractivity contribution in [2.45, 2.75) is 25.3 Å². The highest BCUT2D eigenvalue weighted by molar-refractivity contribution is 6.31. The van der Waals surface area contributed by atoms with Gasteiger partial charge in [0.2, 0.25) is 0 Å². The average molecular weight is 211 g/mol. The van der Waals surface area contributed by atoms with Crippen molar-refractivity contribution in [3.05, 3.63) is 28.8 Å². The van der Waals surface area contributed by atoms with Crippen LogP contribution in [-0.4, -0.2) is 12.6 Å². The minimum Gasteiger partial charge on any atom is -0.382 e. The first-order chi connectivity index (χ1) is 6.81. The molecule has 1 aliphatic rings. The molecule has 1 aromatic carbocycles. The van der Waals surface area contributed by atoms with Crippen LogP contribution in [0.3, 0.4) is 0 Å². The second-order valence-electron chi connectivity index (χ2n) is 3.74. The van der Waals surface area contributed by atoms with Gasteiger partial charge in [-0.25, -0.2) is 0 Å². The minimum absolute atomic E-state index is 0.522. The molecule has 0 fully saturated rings. The fourth-order valence-corrected chi connectivity index (χ4v) is 2.21. The number of nitrogens with one attached hydrogen (secondary N) is 1. The van der Waals surface area contributed by atoms with E-state index in [0.29, 0.717) is 6.04 Å². The molecule has 1 heterocycles. The number of hydrogen-bond donors (Lipinski definition) is 2. The number of rotatable bonds is 3. The molecule has 1 aromatic rings. The van der Waals surface area contributed by atoms with E-state index >= 15 is 0 Å². The van der Waals surface area contributed by atoms with Crippen LogP contribution in [0, 0.1) is 0 Å². The summed E-state index contributed by atoms with van der Waals surface area (Å²) in [6.07, 6.45) is 3.24. The lowest BCUT2D eigenvalue weighted by molar-refractivity contribution is 0.639. The van der Waals surface area contributed by atoms with Gasteiger partial charge in [-0.3, -0.25) is 0 Å². The molecule has 0 saturated heterocycles. The molecule has 14 heavy (non-hydrogen) atoms. The Labute approximate surface area is 89.4 Å². The first-order valence-electron chi connectivity index (χ1n) is 5.05. The number of anilines is 1. The SMILES string of the molecule is NCCCC1Cc2c(Cl)cccc2N1. The van der Waals surface area contributed by atoms with Crippen molar-refractivity contribution in [3.8, 4) is 0 Å². The monoisotopic (exact) mass is 210 g/mol. The fourth-order valence-electron chi connectivity index (χ4n) is 1.96. The van der Waals surface area contributed by atoms with Gasteiger partial charge in [0.05, 0.1) is 0 Å². The summed E-state index contributed by atoms with van der Waals surface area (Å²) in [6.45, 7) is 0.766. The molecular formula is C11H15ClN2. The highest BCUT2D eigenvalue weighted by atomic mass is 35.5. The predicted octanol–water partition coefficient (Wildman–Crippen LogP) is 2.42. The van der Waals surface area contributed by atoms with Gasteiger partial charge in [0.15, 0.2) is 0 Å². The maximum Gasteiger partial charge on any atom is 0.0459 e. The Bertz CT molecular complexity index is 325. The molecule has 2 nitrogen and oxygen atoms in total. The second-order valence-corrected chi connectivity index (χ2v) is 4.15. The summed E-state index contributed by atoms with van der Waals surface area (Å²) in [7, 11) is 0. The fraction of sp³-hybridized carbons (Fsp3) is 0.455. The normalized spacial score (nSPS) is 19.1. The Morgan fingerprint density at radius 2 is 2.36 bits per heavy atom. The highest BCUT2D eigenvalue weighted by Gasteiger charge is 2.21. The van der Waals surface area contributed by atoms with E-state index in [4.69, 9.17) is 17.3 Å². The van der Waals surface area contributed by atoms with Crippen molar-refractivity contribution in [2.75, 3.05) is 11.9 Å². The molecule has 0 aromatic heterocycles. The number of nitrogens with two attached hydrogens (primary N) is 1.